The monoisotopic (exact) mass is 297 g/mol. The van der Waals surface area contributed by atoms with Gasteiger partial charge in [-0.15, -0.1) is 0 Å². The summed E-state index contributed by atoms with van der Waals surface area (Å²) in [7, 11) is -2.38. The molecule has 0 amide bonds. The van der Waals surface area contributed by atoms with Gasteiger partial charge in [0.05, 0.1) is 5.69 Å². The third-order valence-electron chi connectivity index (χ3n) is 2.22. The molecular formula is C10H14F3N3O2S. The lowest BCUT2D eigenvalue weighted by atomic mass is 10.3. The van der Waals surface area contributed by atoms with E-state index in [0.29, 0.717) is 0 Å². The van der Waals surface area contributed by atoms with Crippen molar-refractivity contribution in [2.24, 2.45) is 0 Å². The van der Waals surface area contributed by atoms with Crippen molar-refractivity contribution in [1.29, 1.82) is 0 Å². The molecule has 0 spiro atoms. The van der Waals surface area contributed by atoms with E-state index in [-0.39, 0.29) is 23.7 Å². The van der Waals surface area contributed by atoms with E-state index in [2.05, 4.69) is 15.0 Å². The van der Waals surface area contributed by atoms with Crippen molar-refractivity contribution in [2.45, 2.75) is 24.0 Å². The highest BCUT2D eigenvalue weighted by atomic mass is 32.2. The van der Waals surface area contributed by atoms with Gasteiger partial charge in [-0.1, -0.05) is 0 Å². The minimum Gasteiger partial charge on any atom is -0.386 e. The third kappa shape index (κ3) is 5.03. The van der Waals surface area contributed by atoms with Gasteiger partial charge in [0, 0.05) is 26.2 Å². The van der Waals surface area contributed by atoms with Crippen LogP contribution in [-0.2, 0) is 10.0 Å². The molecule has 1 rings (SSSR count). The number of rotatable bonds is 6. The zero-order chi connectivity index (χ0) is 14.5. The molecule has 0 unspecified atom stereocenters. The Morgan fingerprint density at radius 3 is 2.63 bits per heavy atom. The van der Waals surface area contributed by atoms with Gasteiger partial charge in [0.25, 0.3) is 10.0 Å². The molecule has 0 saturated carbocycles. The van der Waals surface area contributed by atoms with Crippen molar-refractivity contribution in [3.8, 4) is 0 Å². The molecule has 9 heteroatoms. The minimum absolute atomic E-state index is 0.232. The summed E-state index contributed by atoms with van der Waals surface area (Å²) in [4.78, 5) is 3.71. The Hall–Kier alpha value is -1.35. The van der Waals surface area contributed by atoms with Crippen LogP contribution in [0.5, 0.6) is 0 Å². The van der Waals surface area contributed by atoms with Crippen LogP contribution in [0.4, 0.5) is 18.9 Å². The minimum atomic E-state index is -4.29. The smallest absolute Gasteiger partial charge is 0.386 e. The van der Waals surface area contributed by atoms with Gasteiger partial charge < -0.3 is 5.32 Å². The van der Waals surface area contributed by atoms with E-state index >= 15 is 0 Å². The summed E-state index contributed by atoms with van der Waals surface area (Å²) in [6.45, 7) is -0.290. The van der Waals surface area contributed by atoms with Gasteiger partial charge in [-0.25, -0.2) is 18.1 Å². The van der Waals surface area contributed by atoms with Crippen LogP contribution < -0.4 is 10.0 Å². The molecular weight excluding hydrogens is 283 g/mol. The lowest BCUT2D eigenvalue weighted by Crippen LogP contribution is -2.27. The molecule has 0 bridgehead atoms. The van der Waals surface area contributed by atoms with Gasteiger partial charge in [-0.2, -0.15) is 13.2 Å². The second-order valence-electron chi connectivity index (χ2n) is 3.72. The fourth-order valence-electron chi connectivity index (χ4n) is 1.36. The van der Waals surface area contributed by atoms with Gasteiger partial charge in [0.1, 0.15) is 0 Å². The van der Waals surface area contributed by atoms with Crippen molar-refractivity contribution in [2.75, 3.05) is 18.9 Å². The average molecular weight is 297 g/mol. The Morgan fingerprint density at radius 2 is 2.05 bits per heavy atom. The molecule has 1 aromatic rings. The molecule has 0 aliphatic carbocycles. The Balaban J connectivity index is 2.66. The first-order valence-corrected chi connectivity index (χ1v) is 6.94. The lowest BCUT2D eigenvalue weighted by molar-refractivity contribution is -0.135. The van der Waals surface area contributed by atoms with Crippen LogP contribution in [0.25, 0.3) is 0 Å². The zero-order valence-corrected chi connectivity index (χ0v) is 11.0. The predicted molar refractivity (Wildman–Crippen MR) is 64.3 cm³/mol. The topological polar surface area (TPSA) is 71.1 Å². The van der Waals surface area contributed by atoms with Crippen LogP contribution in [0, 0.1) is 0 Å². The normalized spacial score (nSPS) is 12.4. The highest BCUT2D eigenvalue weighted by molar-refractivity contribution is 7.89. The molecule has 1 heterocycles. The van der Waals surface area contributed by atoms with E-state index in [9.17, 15) is 21.6 Å². The maximum Gasteiger partial charge on any atom is 0.389 e. The van der Waals surface area contributed by atoms with E-state index in [4.69, 9.17) is 0 Å². The summed E-state index contributed by atoms with van der Waals surface area (Å²) in [6, 6.07) is 3.06. The molecule has 19 heavy (non-hydrogen) atoms. The predicted octanol–water partition coefficient (Wildman–Crippen LogP) is 1.74. The summed E-state index contributed by atoms with van der Waals surface area (Å²) >= 11 is 0. The molecule has 0 aromatic carbocycles. The molecule has 2 N–H and O–H groups in total. The Bertz CT molecular complexity index is 517. The first-order chi connectivity index (χ1) is 8.76. The molecule has 1 aromatic heterocycles. The zero-order valence-electron chi connectivity index (χ0n) is 10.2. The summed E-state index contributed by atoms with van der Waals surface area (Å²) in [5.41, 5.74) is 0.283. The van der Waals surface area contributed by atoms with Crippen LogP contribution in [0.1, 0.15) is 12.8 Å². The highest BCUT2D eigenvalue weighted by Gasteiger charge is 2.26. The van der Waals surface area contributed by atoms with Crippen LogP contribution in [0.2, 0.25) is 0 Å². The van der Waals surface area contributed by atoms with Crippen molar-refractivity contribution in [3.05, 3.63) is 18.3 Å². The molecule has 0 atom stereocenters. The van der Waals surface area contributed by atoms with Crippen LogP contribution in [0.3, 0.4) is 0 Å². The van der Waals surface area contributed by atoms with Gasteiger partial charge in [-0.05, 0) is 18.6 Å². The number of pyridine rings is 1. The van der Waals surface area contributed by atoms with Crippen LogP contribution in [-0.4, -0.2) is 33.2 Å². The second-order valence-corrected chi connectivity index (χ2v) is 5.40. The maximum absolute atomic E-state index is 11.9. The average Bonchev–Trinajstić information content (AvgIpc) is 2.33. The summed E-state index contributed by atoms with van der Waals surface area (Å²) in [5.74, 6) is 0. The highest BCUT2D eigenvalue weighted by Crippen LogP contribution is 2.21. The summed E-state index contributed by atoms with van der Waals surface area (Å²) in [6.07, 6.45) is -4.33. The number of nitrogens with one attached hydrogen (secondary N) is 2. The van der Waals surface area contributed by atoms with Crippen molar-refractivity contribution in [1.82, 2.24) is 9.71 Å². The largest absolute Gasteiger partial charge is 0.389 e. The van der Waals surface area contributed by atoms with Crippen molar-refractivity contribution in [3.63, 3.8) is 0 Å². The lowest BCUT2D eigenvalue weighted by Gasteiger charge is -2.10. The van der Waals surface area contributed by atoms with Gasteiger partial charge in [-0.3, -0.25) is 0 Å². The second kappa shape index (κ2) is 6.20. The summed E-state index contributed by atoms with van der Waals surface area (Å²) < 4.78 is 61.5. The molecule has 0 radical (unpaired) electrons. The fraction of sp³-hybridized carbons (Fsp3) is 0.500. The molecule has 0 aliphatic heterocycles. The Labute approximate surface area is 109 Å². The maximum atomic E-state index is 11.9. The number of alkyl halides is 3. The first-order valence-electron chi connectivity index (χ1n) is 5.45. The molecule has 0 fully saturated rings. The van der Waals surface area contributed by atoms with E-state index in [1.54, 1.807) is 6.07 Å². The van der Waals surface area contributed by atoms with Crippen LogP contribution in [0.15, 0.2) is 23.4 Å². The van der Waals surface area contributed by atoms with Gasteiger partial charge in [0.2, 0.25) is 0 Å². The molecule has 0 aliphatic rings. The summed E-state index contributed by atoms with van der Waals surface area (Å²) in [5, 5.41) is 2.42. The van der Waals surface area contributed by atoms with Crippen molar-refractivity contribution < 1.29 is 21.6 Å². The number of aromatic nitrogens is 1. The van der Waals surface area contributed by atoms with E-state index in [1.165, 1.54) is 19.3 Å². The number of hydrogen-bond acceptors (Lipinski definition) is 4. The van der Waals surface area contributed by atoms with E-state index < -0.39 is 22.6 Å². The quantitative estimate of drug-likeness (QED) is 0.785. The number of halogens is 3. The van der Waals surface area contributed by atoms with Crippen LogP contribution >= 0.6 is 0 Å². The number of nitrogens with zero attached hydrogens (tertiary/aromatic N) is 1. The Morgan fingerprint density at radius 1 is 1.37 bits per heavy atom. The SMILES string of the molecule is CNc1cccnc1S(=O)(=O)NCCCC(F)(F)F. The fourth-order valence-corrected chi connectivity index (χ4v) is 2.57. The molecule has 5 nitrogen and oxygen atoms in total. The van der Waals surface area contributed by atoms with Gasteiger partial charge in [0.15, 0.2) is 5.03 Å². The number of hydrogen-bond donors (Lipinski definition) is 2. The number of sulfonamides is 1. The van der Waals surface area contributed by atoms with Crippen molar-refractivity contribution >= 4 is 15.7 Å². The standard InChI is InChI=1S/C10H14F3N3O2S/c1-14-8-4-2-6-15-9(8)19(17,18)16-7-3-5-10(11,12)13/h2,4,6,14,16H,3,5,7H2,1H3. The van der Waals surface area contributed by atoms with Gasteiger partial charge >= 0.3 is 6.18 Å². The molecule has 108 valence electrons. The Kier molecular flexibility index (Phi) is 5.12. The van der Waals surface area contributed by atoms with E-state index in [1.807, 2.05) is 0 Å². The number of anilines is 1. The third-order valence-corrected chi connectivity index (χ3v) is 3.64. The molecule has 0 saturated heterocycles. The first kappa shape index (κ1) is 15.7. The van der Waals surface area contributed by atoms with E-state index in [0.717, 1.165) is 0 Å².